The molecule has 0 spiro atoms. The minimum atomic E-state index is -0.136. The van der Waals surface area contributed by atoms with Crippen molar-refractivity contribution in [1.29, 1.82) is 0 Å². The van der Waals surface area contributed by atoms with Gasteiger partial charge in [0.25, 0.3) is 5.91 Å². The highest BCUT2D eigenvalue weighted by Crippen LogP contribution is 2.20. The van der Waals surface area contributed by atoms with Crippen LogP contribution in [0.5, 0.6) is 0 Å². The number of benzene rings is 1. The van der Waals surface area contributed by atoms with Gasteiger partial charge in [-0.05, 0) is 43.0 Å². The number of thiophene rings is 1. The van der Waals surface area contributed by atoms with E-state index < -0.39 is 0 Å². The molecule has 3 rings (SSSR count). The van der Waals surface area contributed by atoms with Gasteiger partial charge in [0, 0.05) is 35.0 Å². The lowest BCUT2D eigenvalue weighted by molar-refractivity contribution is -0.116. The summed E-state index contributed by atoms with van der Waals surface area (Å²) >= 11 is 7.52. The molecule has 140 valence electrons. The first-order valence-electron chi connectivity index (χ1n) is 8.46. The standard InChI is InChI=1S/C19H19ClN4O2S/c1-13-10-17(24(23-13)16-5-2-4-15(20)11-16)22-18(25)6-3-8-21-19(26)14-7-9-27-12-14/h2,4-5,7,9-12H,3,6,8H2,1H3,(H,21,26)(H,22,25). The fraction of sp³-hybridized carbons (Fsp3) is 0.211. The Labute approximate surface area is 166 Å². The Hall–Kier alpha value is -2.64. The van der Waals surface area contributed by atoms with Gasteiger partial charge in [0.05, 0.1) is 11.4 Å². The average molecular weight is 403 g/mol. The predicted molar refractivity (Wildman–Crippen MR) is 108 cm³/mol. The Balaban J connectivity index is 1.53. The fourth-order valence-corrected chi connectivity index (χ4v) is 3.37. The van der Waals surface area contributed by atoms with Crippen LogP contribution in [-0.4, -0.2) is 28.1 Å². The van der Waals surface area contributed by atoms with E-state index in [0.29, 0.717) is 35.8 Å². The molecule has 0 fully saturated rings. The number of carbonyl (C=O) groups is 2. The van der Waals surface area contributed by atoms with Crippen LogP contribution < -0.4 is 10.6 Å². The van der Waals surface area contributed by atoms with Crippen LogP contribution in [0.2, 0.25) is 5.02 Å². The van der Waals surface area contributed by atoms with E-state index in [9.17, 15) is 9.59 Å². The molecule has 3 aromatic rings. The van der Waals surface area contributed by atoms with Crippen LogP contribution >= 0.6 is 22.9 Å². The van der Waals surface area contributed by atoms with E-state index in [2.05, 4.69) is 15.7 Å². The van der Waals surface area contributed by atoms with E-state index in [4.69, 9.17) is 11.6 Å². The number of amides is 2. The molecule has 2 amide bonds. The van der Waals surface area contributed by atoms with Crippen molar-refractivity contribution in [3.05, 3.63) is 63.4 Å². The number of aromatic nitrogens is 2. The minimum absolute atomic E-state index is 0.119. The molecular formula is C19H19ClN4O2S. The number of carbonyl (C=O) groups excluding carboxylic acids is 2. The maximum atomic E-state index is 12.3. The highest BCUT2D eigenvalue weighted by atomic mass is 35.5. The van der Waals surface area contributed by atoms with E-state index >= 15 is 0 Å². The number of nitrogens with zero attached hydrogens (tertiary/aromatic N) is 2. The van der Waals surface area contributed by atoms with Crippen LogP contribution in [0, 0.1) is 6.92 Å². The van der Waals surface area contributed by atoms with E-state index in [1.807, 2.05) is 24.4 Å². The minimum Gasteiger partial charge on any atom is -0.352 e. The predicted octanol–water partition coefficient (Wildman–Crippen LogP) is 4.04. The highest BCUT2D eigenvalue weighted by molar-refractivity contribution is 7.08. The Bertz CT molecular complexity index is 937. The lowest BCUT2D eigenvalue weighted by Crippen LogP contribution is -2.25. The number of halogens is 1. The highest BCUT2D eigenvalue weighted by Gasteiger charge is 2.12. The smallest absolute Gasteiger partial charge is 0.252 e. The molecule has 27 heavy (non-hydrogen) atoms. The van der Waals surface area contributed by atoms with Crippen LogP contribution in [0.1, 0.15) is 28.9 Å². The van der Waals surface area contributed by atoms with E-state index in [0.717, 1.165) is 11.4 Å². The topological polar surface area (TPSA) is 76.0 Å². The molecule has 0 aliphatic heterocycles. The van der Waals surface area contributed by atoms with Gasteiger partial charge < -0.3 is 10.6 Å². The molecule has 0 aliphatic carbocycles. The van der Waals surface area contributed by atoms with Gasteiger partial charge in [-0.2, -0.15) is 16.4 Å². The monoisotopic (exact) mass is 402 g/mol. The molecule has 2 N–H and O–H groups in total. The zero-order chi connectivity index (χ0) is 19.2. The van der Waals surface area contributed by atoms with E-state index in [-0.39, 0.29) is 11.8 Å². The zero-order valence-corrected chi connectivity index (χ0v) is 16.3. The molecule has 8 heteroatoms. The molecule has 0 saturated carbocycles. The summed E-state index contributed by atoms with van der Waals surface area (Å²) in [4.78, 5) is 24.1. The molecule has 0 aliphatic rings. The lowest BCUT2D eigenvalue weighted by atomic mass is 10.2. The van der Waals surface area contributed by atoms with Gasteiger partial charge >= 0.3 is 0 Å². The Kier molecular flexibility index (Phi) is 6.26. The lowest BCUT2D eigenvalue weighted by Gasteiger charge is -2.09. The zero-order valence-electron chi connectivity index (χ0n) is 14.7. The van der Waals surface area contributed by atoms with Crippen LogP contribution in [-0.2, 0) is 4.79 Å². The van der Waals surface area contributed by atoms with Gasteiger partial charge in [-0.25, -0.2) is 4.68 Å². The quantitative estimate of drug-likeness (QED) is 0.585. The first-order valence-corrected chi connectivity index (χ1v) is 9.78. The average Bonchev–Trinajstić information content (AvgIpc) is 3.28. The summed E-state index contributed by atoms with van der Waals surface area (Å²) in [5.74, 6) is 0.330. The van der Waals surface area contributed by atoms with Crippen LogP contribution in [0.25, 0.3) is 5.69 Å². The van der Waals surface area contributed by atoms with Crippen molar-refractivity contribution in [3.63, 3.8) is 0 Å². The van der Waals surface area contributed by atoms with Crippen LogP contribution in [0.4, 0.5) is 5.82 Å². The largest absolute Gasteiger partial charge is 0.352 e. The third kappa shape index (κ3) is 5.18. The van der Waals surface area contributed by atoms with Crippen LogP contribution in [0.3, 0.4) is 0 Å². The van der Waals surface area contributed by atoms with Crippen molar-refractivity contribution in [3.8, 4) is 5.69 Å². The van der Waals surface area contributed by atoms with Gasteiger partial charge in [0.2, 0.25) is 5.91 Å². The van der Waals surface area contributed by atoms with Gasteiger partial charge in [-0.15, -0.1) is 0 Å². The second kappa shape index (κ2) is 8.83. The molecule has 2 heterocycles. The summed E-state index contributed by atoms with van der Waals surface area (Å²) in [6, 6.07) is 10.8. The van der Waals surface area contributed by atoms with E-state index in [1.54, 1.807) is 34.3 Å². The number of rotatable bonds is 7. The normalized spacial score (nSPS) is 10.6. The third-order valence-corrected chi connectivity index (χ3v) is 4.72. The van der Waals surface area contributed by atoms with Crippen molar-refractivity contribution in [1.82, 2.24) is 15.1 Å². The van der Waals surface area contributed by atoms with Gasteiger partial charge in [0.15, 0.2) is 0 Å². The Morgan fingerprint density at radius 1 is 1.26 bits per heavy atom. The van der Waals surface area contributed by atoms with E-state index in [1.165, 1.54) is 11.3 Å². The summed E-state index contributed by atoms with van der Waals surface area (Å²) in [5.41, 5.74) is 2.20. The second-order valence-corrected chi connectivity index (χ2v) is 7.20. The Morgan fingerprint density at radius 3 is 2.85 bits per heavy atom. The first kappa shape index (κ1) is 19.1. The Morgan fingerprint density at radius 2 is 2.11 bits per heavy atom. The number of hydrogen-bond acceptors (Lipinski definition) is 4. The summed E-state index contributed by atoms with van der Waals surface area (Å²) < 4.78 is 1.65. The first-order chi connectivity index (χ1) is 13.0. The number of aryl methyl sites for hydroxylation is 1. The van der Waals surface area contributed by atoms with Crippen molar-refractivity contribution < 1.29 is 9.59 Å². The molecule has 2 aromatic heterocycles. The summed E-state index contributed by atoms with van der Waals surface area (Å²) in [7, 11) is 0. The van der Waals surface area contributed by atoms with Gasteiger partial charge in [0.1, 0.15) is 5.82 Å². The van der Waals surface area contributed by atoms with Crippen molar-refractivity contribution in [2.75, 3.05) is 11.9 Å². The summed E-state index contributed by atoms with van der Waals surface area (Å²) in [6.07, 6.45) is 0.843. The molecule has 6 nitrogen and oxygen atoms in total. The van der Waals surface area contributed by atoms with Crippen LogP contribution in [0.15, 0.2) is 47.2 Å². The third-order valence-electron chi connectivity index (χ3n) is 3.80. The van der Waals surface area contributed by atoms with Crippen molar-refractivity contribution in [2.24, 2.45) is 0 Å². The van der Waals surface area contributed by atoms with Gasteiger partial charge in [-0.1, -0.05) is 17.7 Å². The molecule has 0 radical (unpaired) electrons. The number of anilines is 1. The summed E-state index contributed by atoms with van der Waals surface area (Å²) in [6.45, 7) is 2.30. The molecule has 0 atom stereocenters. The fourth-order valence-electron chi connectivity index (χ4n) is 2.55. The SMILES string of the molecule is Cc1cc(NC(=O)CCCNC(=O)c2ccsc2)n(-c2cccc(Cl)c2)n1. The maximum absolute atomic E-state index is 12.3. The van der Waals surface area contributed by atoms with Crippen molar-refractivity contribution in [2.45, 2.75) is 19.8 Å². The molecule has 1 aromatic carbocycles. The molecular weight excluding hydrogens is 384 g/mol. The molecule has 0 bridgehead atoms. The number of hydrogen-bond donors (Lipinski definition) is 2. The van der Waals surface area contributed by atoms with Crippen molar-refractivity contribution >= 4 is 40.6 Å². The number of nitrogens with one attached hydrogen (secondary N) is 2. The maximum Gasteiger partial charge on any atom is 0.252 e. The molecule has 0 unspecified atom stereocenters. The van der Waals surface area contributed by atoms with Gasteiger partial charge in [-0.3, -0.25) is 9.59 Å². The second-order valence-electron chi connectivity index (χ2n) is 5.98. The molecule has 0 saturated heterocycles. The summed E-state index contributed by atoms with van der Waals surface area (Å²) in [5, 5.41) is 14.3.